The van der Waals surface area contributed by atoms with E-state index in [1.807, 2.05) is 212 Å². The minimum atomic E-state index is -5.08. The molecule has 1 aliphatic carbocycles. The first kappa shape index (κ1) is 89.9. The first-order valence-corrected chi connectivity index (χ1v) is 33.5. The van der Waals surface area contributed by atoms with Gasteiger partial charge in [-0.25, -0.2) is 19.2 Å². The quantitative estimate of drug-likeness (QED) is 0.0222. The van der Waals surface area contributed by atoms with E-state index >= 15 is 0 Å². The molecule has 0 aromatic heterocycles. The Morgan fingerprint density at radius 2 is 0.555 bits per heavy atom. The van der Waals surface area contributed by atoms with Gasteiger partial charge in [-0.15, -0.1) is 0 Å². The summed E-state index contributed by atoms with van der Waals surface area (Å²) in [5, 5.41) is 28.5. The predicted molar refractivity (Wildman–Crippen MR) is 366 cm³/mol. The van der Waals surface area contributed by atoms with Gasteiger partial charge in [0, 0.05) is 18.6 Å². The van der Waals surface area contributed by atoms with E-state index in [2.05, 4.69) is 0 Å². The molecular weight excluding hydrogens is 1490 g/mol. The Hall–Kier alpha value is -9.02. The molecule has 110 heavy (non-hydrogen) atoms. The highest BCUT2D eigenvalue weighted by molar-refractivity contribution is 5.74. The number of hydrogen-bond acceptors (Lipinski definition) is 19. The summed E-state index contributed by atoms with van der Waals surface area (Å²) in [6, 6.07) is 67.4. The van der Waals surface area contributed by atoms with Gasteiger partial charge >= 0.3 is 48.6 Å². The normalized spacial score (nSPS) is 24.0. The Bertz CT molecular complexity index is 3690. The standard InChI is InChI=1S/C67H78N4O11.4C2HF3O2/c68-37-55-61(74-40-48-26-12-3-13-27-48)64(77-43-51-32-18-6-19-33-51)65(78-44-52-34-20-7-21-35-52)67(79-55)82-59-54(70)36-53(69)58(63(59)76-42-50-30-16-5-17-31-50)81-66-62(75-41-49-28-14-4-15-29-49)57(71)60(73-39-47-24-10-2-11-25-47)56(80-66)45-72-38-46-22-8-1-9-23-46;4*3-2(4,5)1(6)7/h1-35,53-67H,36-45,68-71H2;4*(H,6,7)/t53-,54+,55+,56+,57-,58+,59-,60+,61+,62+,63-,64-,65+,66+,67+;;;;/m0..../s1. The number of hydrogen-bond donors (Lipinski definition) is 8. The molecular formula is C75H82F12N4O19. The first-order valence-electron chi connectivity index (χ1n) is 33.5. The average molecular weight is 1570 g/mol. The topological polar surface area (TPSA) is 355 Å². The number of ether oxygens (including phenoxy) is 11. The highest BCUT2D eigenvalue weighted by atomic mass is 19.4. The van der Waals surface area contributed by atoms with Gasteiger partial charge in [0.15, 0.2) is 12.6 Å². The van der Waals surface area contributed by atoms with E-state index in [-0.39, 0.29) is 59.2 Å². The van der Waals surface area contributed by atoms with Gasteiger partial charge in [0.25, 0.3) is 0 Å². The fraction of sp³-hybridized carbons (Fsp3) is 0.387. The fourth-order valence-corrected chi connectivity index (χ4v) is 10.9. The largest absolute Gasteiger partial charge is 0.490 e. The summed E-state index contributed by atoms with van der Waals surface area (Å²) in [6.45, 7) is 1.91. The molecule has 0 spiro atoms. The average Bonchev–Trinajstić information content (AvgIpc) is 0.769. The van der Waals surface area contributed by atoms with Crippen LogP contribution in [0.15, 0.2) is 212 Å². The third kappa shape index (κ3) is 30.3. The second-order valence-electron chi connectivity index (χ2n) is 24.4. The van der Waals surface area contributed by atoms with Gasteiger partial charge in [0.05, 0.1) is 58.9 Å². The third-order valence-corrected chi connectivity index (χ3v) is 16.2. The van der Waals surface area contributed by atoms with Gasteiger partial charge in [-0.1, -0.05) is 212 Å². The van der Waals surface area contributed by atoms with Crippen molar-refractivity contribution in [1.29, 1.82) is 0 Å². The van der Waals surface area contributed by atoms with Crippen LogP contribution in [0, 0.1) is 0 Å². The molecule has 7 aromatic rings. The van der Waals surface area contributed by atoms with Crippen LogP contribution >= 0.6 is 0 Å². The monoisotopic (exact) mass is 1570 g/mol. The summed E-state index contributed by atoms with van der Waals surface area (Å²) < 4.78 is 203. The maximum Gasteiger partial charge on any atom is 0.490 e. The number of carboxylic acids is 4. The van der Waals surface area contributed by atoms with Crippen LogP contribution in [-0.2, 0) is 118 Å². The van der Waals surface area contributed by atoms with Crippen molar-refractivity contribution in [3.63, 3.8) is 0 Å². The van der Waals surface area contributed by atoms with Crippen LogP contribution in [0.2, 0.25) is 0 Å². The van der Waals surface area contributed by atoms with Crippen LogP contribution in [0.3, 0.4) is 0 Å². The Kier molecular flexibility index (Phi) is 36.1. The van der Waals surface area contributed by atoms with E-state index in [0.717, 1.165) is 38.9 Å². The summed E-state index contributed by atoms with van der Waals surface area (Å²) in [5.41, 5.74) is 35.4. The summed E-state index contributed by atoms with van der Waals surface area (Å²) in [6.07, 6.45) is -30.3. The summed E-state index contributed by atoms with van der Waals surface area (Å²) in [4.78, 5) is 35.6. The number of carbonyl (C=O) groups is 4. The van der Waals surface area contributed by atoms with Crippen molar-refractivity contribution in [3.8, 4) is 0 Å². The molecule has 23 nitrogen and oxygen atoms in total. The lowest BCUT2D eigenvalue weighted by molar-refractivity contribution is -0.351. The number of rotatable bonds is 27. The van der Waals surface area contributed by atoms with Gasteiger partial charge < -0.3 is 95.5 Å². The molecule has 0 unspecified atom stereocenters. The lowest BCUT2D eigenvalue weighted by Crippen LogP contribution is -2.69. The Balaban J connectivity index is 0.000000572. The van der Waals surface area contributed by atoms with Crippen molar-refractivity contribution in [3.05, 3.63) is 251 Å². The molecule has 3 aliphatic rings. The predicted octanol–water partition coefficient (Wildman–Crippen LogP) is 10.8. The lowest BCUT2D eigenvalue weighted by atomic mass is 9.84. The lowest BCUT2D eigenvalue weighted by Gasteiger charge is -2.51. The SMILES string of the molecule is NC[C@H]1O[C@H](O[C@@H]2[C@@H](OCc3ccccc3)[C@H](O[C@H]3O[C@H](COCc4ccccc4)[C@@H](OCc4ccccc4)[C@H](N)[C@H]3OCc3ccccc3)[C@@H](N)C[C@H]2N)[C@H](OCc2ccccc2)[C@@H](OCc2ccccc2)[C@@H]1OCc1ccccc1.O=C(O)C(F)(F)F.O=C(O)C(F)(F)F.O=C(O)C(F)(F)F.O=C(O)C(F)(F)F. The fourth-order valence-electron chi connectivity index (χ4n) is 10.9. The van der Waals surface area contributed by atoms with Gasteiger partial charge in [0.1, 0.15) is 61.0 Å². The number of benzene rings is 7. The zero-order valence-electron chi connectivity index (χ0n) is 58.2. The maximum absolute atomic E-state index is 10.6. The van der Waals surface area contributed by atoms with E-state index in [4.69, 9.17) is 115 Å². The zero-order chi connectivity index (χ0) is 80.6. The molecule has 0 radical (unpaired) electrons. The van der Waals surface area contributed by atoms with Crippen molar-refractivity contribution in [2.24, 2.45) is 22.9 Å². The highest BCUT2D eigenvalue weighted by Gasteiger charge is 2.55. The van der Waals surface area contributed by atoms with Crippen LogP contribution in [0.4, 0.5) is 52.7 Å². The molecule has 3 fully saturated rings. The number of carboxylic acid groups (broad SMARTS) is 4. The molecule has 2 heterocycles. The van der Waals surface area contributed by atoms with Gasteiger partial charge in [0.2, 0.25) is 0 Å². The molecule has 0 bridgehead atoms. The molecule has 12 N–H and O–H groups in total. The van der Waals surface area contributed by atoms with Crippen LogP contribution in [-0.4, -0.2) is 174 Å². The molecule has 600 valence electrons. The molecule has 15 atom stereocenters. The molecule has 7 aromatic carbocycles. The van der Waals surface area contributed by atoms with Crippen LogP contribution in [0.25, 0.3) is 0 Å². The molecule has 35 heteroatoms. The Morgan fingerprint density at radius 3 is 0.836 bits per heavy atom. The smallest absolute Gasteiger partial charge is 0.475 e. The molecule has 2 aliphatic heterocycles. The summed E-state index contributed by atoms with van der Waals surface area (Å²) >= 11 is 0. The maximum atomic E-state index is 10.6. The summed E-state index contributed by atoms with van der Waals surface area (Å²) in [7, 11) is 0. The third-order valence-electron chi connectivity index (χ3n) is 16.2. The number of halogens is 12. The van der Waals surface area contributed by atoms with Crippen molar-refractivity contribution in [2.45, 2.75) is 169 Å². The van der Waals surface area contributed by atoms with E-state index in [9.17, 15) is 52.7 Å². The molecule has 2 saturated heterocycles. The number of aliphatic carboxylic acids is 4. The molecule has 0 amide bonds. The highest BCUT2D eigenvalue weighted by Crippen LogP contribution is 2.38. The second kappa shape index (κ2) is 44.1. The summed E-state index contributed by atoms with van der Waals surface area (Å²) in [5.74, 6) is -11.0. The number of alkyl halides is 12. The van der Waals surface area contributed by atoms with Gasteiger partial charge in [-0.2, -0.15) is 52.7 Å². The second-order valence-corrected chi connectivity index (χ2v) is 24.4. The van der Waals surface area contributed by atoms with E-state index < -0.39 is 140 Å². The molecule has 1 saturated carbocycles. The Labute approximate surface area is 622 Å². The van der Waals surface area contributed by atoms with Crippen molar-refractivity contribution >= 4 is 23.9 Å². The van der Waals surface area contributed by atoms with Crippen LogP contribution < -0.4 is 22.9 Å². The van der Waals surface area contributed by atoms with Gasteiger partial charge in [-0.3, -0.25) is 0 Å². The minimum Gasteiger partial charge on any atom is -0.475 e. The van der Waals surface area contributed by atoms with Crippen molar-refractivity contribution in [2.75, 3.05) is 13.2 Å². The van der Waals surface area contributed by atoms with Crippen molar-refractivity contribution < 1.29 is 144 Å². The van der Waals surface area contributed by atoms with Crippen molar-refractivity contribution in [1.82, 2.24) is 0 Å². The Morgan fingerprint density at radius 1 is 0.327 bits per heavy atom. The van der Waals surface area contributed by atoms with Crippen LogP contribution in [0.1, 0.15) is 45.4 Å². The van der Waals surface area contributed by atoms with E-state index in [1.165, 1.54) is 0 Å². The van der Waals surface area contributed by atoms with E-state index in [0.29, 0.717) is 6.61 Å². The number of nitrogens with two attached hydrogens (primary N) is 4. The van der Waals surface area contributed by atoms with Crippen LogP contribution in [0.5, 0.6) is 0 Å². The molecule has 10 rings (SSSR count). The van der Waals surface area contributed by atoms with E-state index in [1.54, 1.807) is 0 Å². The zero-order valence-corrected chi connectivity index (χ0v) is 58.2. The first-order chi connectivity index (χ1) is 52.1. The minimum absolute atomic E-state index is 0.0765. The van der Waals surface area contributed by atoms with Gasteiger partial charge in [-0.05, 0) is 45.4 Å².